The SMILES string of the molecule is C=CCC(=O)OC(C(Oc1ccc(C(C)(C)C)cc1)n1ccnc1)C(C)(C)C. The lowest BCUT2D eigenvalue weighted by Crippen LogP contribution is -2.41. The number of hydrogen-bond donors (Lipinski definition) is 0. The molecule has 152 valence electrons. The number of rotatable bonds is 7. The van der Waals surface area contributed by atoms with Gasteiger partial charge in [0.1, 0.15) is 5.75 Å². The second kappa shape index (κ2) is 8.63. The van der Waals surface area contributed by atoms with E-state index in [-0.39, 0.29) is 23.2 Å². The summed E-state index contributed by atoms with van der Waals surface area (Å²) >= 11 is 0. The van der Waals surface area contributed by atoms with Crippen LogP contribution in [0.1, 0.15) is 59.8 Å². The van der Waals surface area contributed by atoms with Crippen molar-refractivity contribution < 1.29 is 14.3 Å². The Bertz CT molecular complexity index is 766. The zero-order valence-corrected chi connectivity index (χ0v) is 17.8. The molecule has 2 rings (SSSR count). The molecule has 0 spiro atoms. The number of nitrogens with zero attached hydrogens (tertiary/aromatic N) is 2. The van der Waals surface area contributed by atoms with Gasteiger partial charge in [0, 0.05) is 17.8 Å². The minimum Gasteiger partial charge on any atom is -0.466 e. The predicted molar refractivity (Wildman–Crippen MR) is 111 cm³/mol. The van der Waals surface area contributed by atoms with Gasteiger partial charge in [-0.1, -0.05) is 59.8 Å². The van der Waals surface area contributed by atoms with Crippen LogP contribution in [0.3, 0.4) is 0 Å². The zero-order chi connectivity index (χ0) is 20.9. The summed E-state index contributed by atoms with van der Waals surface area (Å²) in [7, 11) is 0. The van der Waals surface area contributed by atoms with Gasteiger partial charge in [0.05, 0.1) is 12.7 Å². The molecular weight excluding hydrogens is 352 g/mol. The van der Waals surface area contributed by atoms with Crippen LogP contribution < -0.4 is 4.74 Å². The molecule has 0 aliphatic heterocycles. The third kappa shape index (κ3) is 5.72. The molecule has 1 heterocycles. The average molecular weight is 385 g/mol. The second-order valence-corrected chi connectivity index (χ2v) is 9.06. The van der Waals surface area contributed by atoms with E-state index in [2.05, 4.69) is 44.5 Å². The van der Waals surface area contributed by atoms with Crippen molar-refractivity contribution in [2.45, 2.75) is 65.7 Å². The summed E-state index contributed by atoms with van der Waals surface area (Å²) in [5.41, 5.74) is 0.942. The maximum Gasteiger partial charge on any atom is 0.310 e. The molecule has 2 aromatic rings. The molecule has 0 N–H and O–H groups in total. The normalized spacial score (nSPS) is 14.2. The third-order valence-corrected chi connectivity index (χ3v) is 4.48. The Hall–Kier alpha value is -2.56. The van der Waals surface area contributed by atoms with Crippen molar-refractivity contribution in [1.82, 2.24) is 9.55 Å². The first kappa shape index (κ1) is 21.7. The van der Waals surface area contributed by atoms with Gasteiger partial charge < -0.3 is 9.47 Å². The van der Waals surface area contributed by atoms with Crippen LogP contribution in [0.5, 0.6) is 5.75 Å². The number of carbonyl (C=O) groups excluding carboxylic acids is 1. The molecule has 2 unspecified atom stereocenters. The van der Waals surface area contributed by atoms with Crippen molar-refractivity contribution in [2.75, 3.05) is 0 Å². The molecule has 0 aliphatic carbocycles. The van der Waals surface area contributed by atoms with Crippen molar-refractivity contribution in [3.05, 3.63) is 61.2 Å². The van der Waals surface area contributed by atoms with E-state index in [0.717, 1.165) is 0 Å². The summed E-state index contributed by atoms with van der Waals surface area (Å²) in [6.45, 7) is 16.2. The van der Waals surface area contributed by atoms with Crippen LogP contribution in [0.4, 0.5) is 0 Å². The molecular formula is C23H32N2O3. The maximum atomic E-state index is 12.2. The minimum absolute atomic E-state index is 0.0659. The van der Waals surface area contributed by atoms with Gasteiger partial charge in [0.2, 0.25) is 6.23 Å². The lowest BCUT2D eigenvalue weighted by molar-refractivity contribution is -0.167. The van der Waals surface area contributed by atoms with Gasteiger partial charge in [-0.15, -0.1) is 6.58 Å². The summed E-state index contributed by atoms with van der Waals surface area (Å²) in [5, 5.41) is 0. The van der Waals surface area contributed by atoms with Gasteiger partial charge in [0.25, 0.3) is 0 Å². The molecule has 0 saturated heterocycles. The first-order valence-corrected chi connectivity index (χ1v) is 9.57. The van der Waals surface area contributed by atoms with Gasteiger partial charge in [-0.3, -0.25) is 9.36 Å². The van der Waals surface area contributed by atoms with Crippen LogP contribution in [0.25, 0.3) is 0 Å². The molecule has 1 aromatic heterocycles. The molecule has 0 aliphatic rings. The standard InChI is InChI=1S/C23H32N2O3/c1-8-9-19(26)28-20(23(5,6)7)21(25-15-14-24-16-25)27-18-12-10-17(11-13-18)22(2,3)4/h8,10-16,20-21H,1,9H2,2-7H3. The van der Waals surface area contributed by atoms with Crippen LogP contribution in [0, 0.1) is 5.41 Å². The number of esters is 1. The summed E-state index contributed by atoms with van der Waals surface area (Å²) in [4.78, 5) is 16.3. The summed E-state index contributed by atoms with van der Waals surface area (Å²) in [6.07, 6.45) is 5.81. The van der Waals surface area contributed by atoms with Crippen LogP contribution in [0.2, 0.25) is 0 Å². The Labute approximate surface area is 168 Å². The molecule has 0 radical (unpaired) electrons. The van der Waals surface area contributed by atoms with E-state index in [1.165, 1.54) is 5.56 Å². The quantitative estimate of drug-likeness (QED) is 0.481. The van der Waals surface area contributed by atoms with E-state index in [0.29, 0.717) is 5.75 Å². The first-order chi connectivity index (χ1) is 13.0. The van der Waals surface area contributed by atoms with Gasteiger partial charge in [0.15, 0.2) is 6.10 Å². The molecule has 0 bridgehead atoms. The molecule has 5 heteroatoms. The number of imidazole rings is 1. The third-order valence-electron chi connectivity index (χ3n) is 4.48. The fourth-order valence-corrected chi connectivity index (χ4v) is 2.84. The van der Waals surface area contributed by atoms with Crippen LogP contribution >= 0.6 is 0 Å². The van der Waals surface area contributed by atoms with Gasteiger partial charge in [-0.05, 0) is 23.1 Å². The van der Waals surface area contributed by atoms with Crippen molar-refractivity contribution in [1.29, 1.82) is 0 Å². The Balaban J connectivity index is 2.35. The number of aromatic nitrogens is 2. The van der Waals surface area contributed by atoms with Gasteiger partial charge in [-0.2, -0.15) is 0 Å². The first-order valence-electron chi connectivity index (χ1n) is 9.57. The van der Waals surface area contributed by atoms with E-state index in [1.54, 1.807) is 18.6 Å². The van der Waals surface area contributed by atoms with Crippen LogP contribution in [0.15, 0.2) is 55.6 Å². The van der Waals surface area contributed by atoms with Gasteiger partial charge in [-0.25, -0.2) is 4.98 Å². The number of carbonyl (C=O) groups is 1. The minimum atomic E-state index is -0.545. The van der Waals surface area contributed by atoms with Crippen molar-refractivity contribution in [3.63, 3.8) is 0 Å². The topological polar surface area (TPSA) is 53.4 Å². The number of ether oxygens (including phenoxy) is 2. The molecule has 0 amide bonds. The van der Waals surface area contributed by atoms with Crippen molar-refractivity contribution >= 4 is 5.97 Å². The van der Waals surface area contributed by atoms with E-state index in [4.69, 9.17) is 9.47 Å². The Kier molecular flexibility index (Phi) is 6.70. The van der Waals surface area contributed by atoms with E-state index in [1.807, 2.05) is 43.7 Å². The maximum absolute atomic E-state index is 12.2. The lowest BCUT2D eigenvalue weighted by Gasteiger charge is -2.36. The fraction of sp³-hybridized carbons (Fsp3) is 0.478. The monoisotopic (exact) mass is 384 g/mol. The molecule has 1 aromatic carbocycles. The zero-order valence-electron chi connectivity index (χ0n) is 17.8. The predicted octanol–water partition coefficient (Wildman–Crippen LogP) is 5.29. The fourth-order valence-electron chi connectivity index (χ4n) is 2.84. The highest BCUT2D eigenvalue weighted by Gasteiger charge is 2.38. The lowest BCUT2D eigenvalue weighted by atomic mass is 9.87. The summed E-state index contributed by atoms with van der Waals surface area (Å²) in [5.74, 6) is 0.382. The van der Waals surface area contributed by atoms with E-state index < -0.39 is 12.3 Å². The number of benzene rings is 1. The average Bonchev–Trinajstić information content (AvgIpc) is 3.11. The van der Waals surface area contributed by atoms with Crippen LogP contribution in [-0.4, -0.2) is 21.6 Å². The molecule has 0 saturated carbocycles. The number of hydrogen-bond acceptors (Lipinski definition) is 4. The molecule has 2 atom stereocenters. The van der Waals surface area contributed by atoms with Crippen molar-refractivity contribution in [2.24, 2.45) is 5.41 Å². The highest BCUT2D eigenvalue weighted by molar-refractivity contribution is 5.71. The summed E-state index contributed by atoms with van der Waals surface area (Å²) < 4.78 is 13.9. The van der Waals surface area contributed by atoms with E-state index >= 15 is 0 Å². The van der Waals surface area contributed by atoms with Gasteiger partial charge >= 0.3 is 5.97 Å². The second-order valence-electron chi connectivity index (χ2n) is 9.06. The Morgan fingerprint density at radius 3 is 2.29 bits per heavy atom. The highest BCUT2D eigenvalue weighted by atomic mass is 16.6. The largest absolute Gasteiger partial charge is 0.466 e. The Morgan fingerprint density at radius 2 is 1.82 bits per heavy atom. The van der Waals surface area contributed by atoms with Crippen LogP contribution in [-0.2, 0) is 14.9 Å². The van der Waals surface area contributed by atoms with Crippen molar-refractivity contribution in [3.8, 4) is 5.75 Å². The molecule has 5 nitrogen and oxygen atoms in total. The van der Waals surface area contributed by atoms with E-state index in [9.17, 15) is 4.79 Å². The summed E-state index contributed by atoms with van der Waals surface area (Å²) in [6, 6.07) is 8.04. The Morgan fingerprint density at radius 1 is 1.18 bits per heavy atom. The smallest absolute Gasteiger partial charge is 0.310 e. The molecule has 28 heavy (non-hydrogen) atoms. The molecule has 0 fully saturated rings. The highest BCUT2D eigenvalue weighted by Crippen LogP contribution is 2.34.